The minimum atomic E-state index is 1.10. The van der Waals surface area contributed by atoms with Crippen LogP contribution in [0.4, 0.5) is 5.13 Å². The standard InChI is InChI=1S/C10H17N3S/c1-3-9-8-11-10(14-9)13-6-4-12(2)5-7-13/h8H,3-7H2,1-2H3. The van der Waals surface area contributed by atoms with Gasteiger partial charge in [0.2, 0.25) is 0 Å². The number of aryl methyl sites for hydroxylation is 1. The van der Waals surface area contributed by atoms with Crippen LogP contribution in [0.2, 0.25) is 0 Å². The highest BCUT2D eigenvalue weighted by molar-refractivity contribution is 7.15. The molecule has 1 aliphatic rings. The van der Waals surface area contributed by atoms with E-state index in [0.29, 0.717) is 0 Å². The maximum Gasteiger partial charge on any atom is 0.185 e. The molecule has 3 nitrogen and oxygen atoms in total. The number of hydrogen-bond donors (Lipinski definition) is 0. The zero-order valence-electron chi connectivity index (χ0n) is 8.86. The number of likely N-dealkylation sites (N-methyl/N-ethyl adjacent to an activating group) is 1. The fourth-order valence-corrected chi connectivity index (χ4v) is 2.51. The summed E-state index contributed by atoms with van der Waals surface area (Å²) in [6, 6.07) is 0. The van der Waals surface area contributed by atoms with Crippen molar-refractivity contribution in [2.24, 2.45) is 0 Å². The van der Waals surface area contributed by atoms with Crippen LogP contribution in [0.5, 0.6) is 0 Å². The normalized spacial score (nSPS) is 18.9. The Morgan fingerprint density at radius 1 is 1.36 bits per heavy atom. The van der Waals surface area contributed by atoms with E-state index in [0.717, 1.165) is 32.6 Å². The summed E-state index contributed by atoms with van der Waals surface area (Å²) in [7, 11) is 2.18. The van der Waals surface area contributed by atoms with Gasteiger partial charge in [0.25, 0.3) is 0 Å². The third kappa shape index (κ3) is 2.07. The van der Waals surface area contributed by atoms with Crippen LogP contribution in [0.1, 0.15) is 11.8 Å². The Balaban J connectivity index is 2.01. The van der Waals surface area contributed by atoms with Crippen LogP contribution in [0, 0.1) is 0 Å². The SMILES string of the molecule is CCc1cnc(N2CCN(C)CC2)s1. The lowest BCUT2D eigenvalue weighted by Crippen LogP contribution is -2.44. The minimum absolute atomic E-state index is 1.10. The summed E-state index contributed by atoms with van der Waals surface area (Å²) in [5.41, 5.74) is 0. The van der Waals surface area contributed by atoms with Gasteiger partial charge in [-0.1, -0.05) is 6.92 Å². The van der Waals surface area contributed by atoms with E-state index in [1.54, 1.807) is 0 Å². The first-order valence-electron chi connectivity index (χ1n) is 5.18. The molecule has 0 N–H and O–H groups in total. The van der Waals surface area contributed by atoms with Crippen molar-refractivity contribution in [1.29, 1.82) is 0 Å². The van der Waals surface area contributed by atoms with Crippen molar-refractivity contribution >= 4 is 16.5 Å². The molecule has 4 heteroatoms. The van der Waals surface area contributed by atoms with E-state index in [9.17, 15) is 0 Å². The molecular weight excluding hydrogens is 194 g/mol. The van der Waals surface area contributed by atoms with Crippen molar-refractivity contribution in [3.8, 4) is 0 Å². The lowest BCUT2D eigenvalue weighted by Gasteiger charge is -2.32. The Morgan fingerprint density at radius 2 is 2.07 bits per heavy atom. The molecule has 0 saturated carbocycles. The molecule has 78 valence electrons. The molecule has 1 aromatic rings. The monoisotopic (exact) mass is 211 g/mol. The molecule has 0 spiro atoms. The van der Waals surface area contributed by atoms with Crippen LogP contribution < -0.4 is 4.90 Å². The molecule has 0 radical (unpaired) electrons. The lowest BCUT2D eigenvalue weighted by molar-refractivity contribution is 0.313. The predicted molar refractivity (Wildman–Crippen MR) is 61.2 cm³/mol. The second-order valence-electron chi connectivity index (χ2n) is 3.75. The minimum Gasteiger partial charge on any atom is -0.346 e. The zero-order valence-corrected chi connectivity index (χ0v) is 9.68. The summed E-state index contributed by atoms with van der Waals surface area (Å²) >= 11 is 1.84. The van der Waals surface area contributed by atoms with Gasteiger partial charge in [-0.3, -0.25) is 0 Å². The van der Waals surface area contributed by atoms with Gasteiger partial charge in [-0.15, -0.1) is 11.3 Å². The molecule has 2 rings (SSSR count). The van der Waals surface area contributed by atoms with Gasteiger partial charge in [0.05, 0.1) is 0 Å². The molecule has 0 unspecified atom stereocenters. The van der Waals surface area contributed by atoms with E-state index in [4.69, 9.17) is 0 Å². The Kier molecular flexibility index (Phi) is 3.03. The highest BCUT2D eigenvalue weighted by Gasteiger charge is 2.16. The van der Waals surface area contributed by atoms with Gasteiger partial charge in [0, 0.05) is 37.3 Å². The maximum absolute atomic E-state index is 4.46. The third-order valence-corrected chi connectivity index (χ3v) is 3.87. The highest BCUT2D eigenvalue weighted by atomic mass is 32.1. The number of anilines is 1. The number of aromatic nitrogens is 1. The average molecular weight is 211 g/mol. The fourth-order valence-electron chi connectivity index (χ4n) is 1.60. The number of rotatable bonds is 2. The van der Waals surface area contributed by atoms with Crippen LogP contribution in [0.3, 0.4) is 0 Å². The van der Waals surface area contributed by atoms with E-state index in [1.807, 2.05) is 17.5 Å². The van der Waals surface area contributed by atoms with Crippen LogP contribution in [0.15, 0.2) is 6.20 Å². The summed E-state index contributed by atoms with van der Waals surface area (Å²) in [5, 5.41) is 1.20. The van der Waals surface area contributed by atoms with Gasteiger partial charge < -0.3 is 9.80 Å². The molecule has 1 fully saturated rings. The van der Waals surface area contributed by atoms with Crippen LogP contribution in [-0.2, 0) is 6.42 Å². The maximum atomic E-state index is 4.46. The molecule has 0 atom stereocenters. The third-order valence-electron chi connectivity index (χ3n) is 2.66. The van der Waals surface area contributed by atoms with Gasteiger partial charge in [-0.2, -0.15) is 0 Å². The summed E-state index contributed by atoms with van der Waals surface area (Å²) in [6.07, 6.45) is 3.11. The number of hydrogen-bond acceptors (Lipinski definition) is 4. The van der Waals surface area contributed by atoms with Crippen molar-refractivity contribution in [2.45, 2.75) is 13.3 Å². The number of piperazine rings is 1. The molecule has 14 heavy (non-hydrogen) atoms. The van der Waals surface area contributed by atoms with Crippen LogP contribution >= 0.6 is 11.3 Å². The summed E-state index contributed by atoms with van der Waals surface area (Å²) < 4.78 is 0. The van der Waals surface area contributed by atoms with Gasteiger partial charge in [-0.05, 0) is 13.5 Å². The molecule has 0 bridgehead atoms. The molecule has 0 amide bonds. The first-order valence-corrected chi connectivity index (χ1v) is 5.99. The van der Waals surface area contributed by atoms with E-state index in [-0.39, 0.29) is 0 Å². The van der Waals surface area contributed by atoms with Crippen LogP contribution in [-0.4, -0.2) is 43.1 Å². The molecule has 2 heterocycles. The Morgan fingerprint density at radius 3 is 2.64 bits per heavy atom. The van der Waals surface area contributed by atoms with Crippen molar-refractivity contribution in [3.05, 3.63) is 11.1 Å². The molecular formula is C10H17N3S. The quantitative estimate of drug-likeness (QED) is 0.738. The smallest absolute Gasteiger partial charge is 0.185 e. The summed E-state index contributed by atoms with van der Waals surface area (Å²) in [4.78, 5) is 10.6. The van der Waals surface area contributed by atoms with E-state index in [1.165, 1.54) is 10.0 Å². The largest absolute Gasteiger partial charge is 0.346 e. The van der Waals surface area contributed by atoms with Gasteiger partial charge in [0.15, 0.2) is 5.13 Å². The topological polar surface area (TPSA) is 19.4 Å². The molecule has 1 saturated heterocycles. The molecule has 1 aromatic heterocycles. The number of thiazole rings is 1. The van der Waals surface area contributed by atoms with Crippen molar-refractivity contribution < 1.29 is 0 Å². The first-order chi connectivity index (χ1) is 6.79. The van der Waals surface area contributed by atoms with Crippen molar-refractivity contribution in [1.82, 2.24) is 9.88 Å². The summed E-state index contributed by atoms with van der Waals surface area (Å²) in [6.45, 7) is 6.73. The Labute approximate surface area is 89.4 Å². The number of nitrogens with zero attached hydrogens (tertiary/aromatic N) is 3. The first kappa shape index (κ1) is 9.93. The van der Waals surface area contributed by atoms with Gasteiger partial charge in [0.1, 0.15) is 0 Å². The Hall–Kier alpha value is -0.610. The molecule has 0 aliphatic carbocycles. The Bertz CT molecular complexity index is 289. The second-order valence-corrected chi connectivity index (χ2v) is 4.85. The highest BCUT2D eigenvalue weighted by Crippen LogP contribution is 2.23. The van der Waals surface area contributed by atoms with E-state index in [2.05, 4.69) is 28.8 Å². The molecule has 1 aliphatic heterocycles. The van der Waals surface area contributed by atoms with Gasteiger partial charge >= 0.3 is 0 Å². The van der Waals surface area contributed by atoms with E-state index >= 15 is 0 Å². The van der Waals surface area contributed by atoms with Crippen LogP contribution in [0.25, 0.3) is 0 Å². The fraction of sp³-hybridized carbons (Fsp3) is 0.700. The van der Waals surface area contributed by atoms with Gasteiger partial charge in [-0.25, -0.2) is 4.98 Å². The second kappa shape index (κ2) is 4.28. The predicted octanol–water partition coefficient (Wildman–Crippen LogP) is 1.46. The molecule has 0 aromatic carbocycles. The average Bonchev–Trinajstić information content (AvgIpc) is 2.67. The zero-order chi connectivity index (χ0) is 9.97. The van der Waals surface area contributed by atoms with Crippen molar-refractivity contribution in [2.75, 3.05) is 38.1 Å². The lowest BCUT2D eigenvalue weighted by atomic mass is 10.3. The summed E-state index contributed by atoms with van der Waals surface area (Å²) in [5.74, 6) is 0. The van der Waals surface area contributed by atoms with E-state index < -0.39 is 0 Å². The van der Waals surface area contributed by atoms with Crippen molar-refractivity contribution in [3.63, 3.8) is 0 Å².